The van der Waals surface area contributed by atoms with Crippen LogP contribution in [0.4, 0.5) is 0 Å². The van der Waals surface area contributed by atoms with Gasteiger partial charge in [0.05, 0.1) is 23.6 Å². The Labute approximate surface area is 219 Å². The number of likely N-dealkylation sites (tertiary alicyclic amines) is 1. The third-order valence-corrected chi connectivity index (χ3v) is 6.54. The molecule has 0 radical (unpaired) electrons. The highest BCUT2D eigenvalue weighted by Crippen LogP contribution is 2.25. The molecule has 9 nitrogen and oxygen atoms in total. The molecule has 0 spiro atoms. The molecule has 1 unspecified atom stereocenters. The van der Waals surface area contributed by atoms with E-state index in [-0.39, 0.29) is 17.9 Å². The van der Waals surface area contributed by atoms with E-state index in [0.717, 1.165) is 50.9 Å². The van der Waals surface area contributed by atoms with Crippen LogP contribution in [0, 0.1) is 0 Å². The van der Waals surface area contributed by atoms with Crippen molar-refractivity contribution in [2.45, 2.75) is 38.1 Å². The second-order valence-electron chi connectivity index (χ2n) is 8.42. The Balaban J connectivity index is 0.000000493. The summed E-state index contributed by atoms with van der Waals surface area (Å²) in [6, 6.07) is 5.51. The lowest BCUT2D eigenvalue weighted by Crippen LogP contribution is -2.51. The molecule has 11 heteroatoms. The normalized spacial score (nSPS) is 18.1. The van der Waals surface area contributed by atoms with Crippen molar-refractivity contribution in [1.29, 1.82) is 0 Å². The SMILES string of the molecule is COC(=O)C1=CCCN(CC2CCCCN2C(=O)Cc2ccc(Cl)c(Cl)c2)C1.O=C(O)C=CC(=O)O. The average Bonchev–Trinajstić information content (AvgIpc) is 2.85. The van der Waals surface area contributed by atoms with E-state index in [1.54, 1.807) is 12.1 Å². The highest BCUT2D eigenvalue weighted by atomic mass is 35.5. The fourth-order valence-electron chi connectivity index (χ4n) is 4.13. The predicted octanol–water partition coefficient (Wildman–Crippen LogP) is 3.43. The van der Waals surface area contributed by atoms with Crippen molar-refractivity contribution < 1.29 is 34.1 Å². The lowest BCUT2D eigenvalue weighted by molar-refractivity contribution is -0.137. The molecule has 2 N–H and O–H groups in total. The Morgan fingerprint density at radius 2 is 1.75 bits per heavy atom. The van der Waals surface area contributed by atoms with Crippen molar-refractivity contribution in [3.05, 3.63) is 57.6 Å². The number of methoxy groups -OCH3 is 1. The van der Waals surface area contributed by atoms with E-state index < -0.39 is 11.9 Å². The van der Waals surface area contributed by atoms with E-state index in [9.17, 15) is 19.2 Å². The fraction of sp³-hybridized carbons (Fsp3) is 0.440. The number of amides is 1. The molecule has 0 bridgehead atoms. The van der Waals surface area contributed by atoms with Crippen molar-refractivity contribution in [1.82, 2.24) is 9.80 Å². The second-order valence-corrected chi connectivity index (χ2v) is 9.23. The number of carbonyl (C=O) groups is 4. The van der Waals surface area contributed by atoms with Gasteiger partial charge in [-0.05, 0) is 43.4 Å². The zero-order chi connectivity index (χ0) is 26.7. The van der Waals surface area contributed by atoms with Gasteiger partial charge in [0.1, 0.15) is 0 Å². The number of hydrogen-bond acceptors (Lipinski definition) is 6. The second kappa shape index (κ2) is 14.6. The topological polar surface area (TPSA) is 124 Å². The molecule has 1 amide bonds. The summed E-state index contributed by atoms with van der Waals surface area (Å²) in [5.41, 5.74) is 1.58. The number of ether oxygens (including phenoxy) is 1. The molecule has 2 aliphatic heterocycles. The molecule has 1 fully saturated rings. The van der Waals surface area contributed by atoms with Gasteiger partial charge in [0.15, 0.2) is 0 Å². The summed E-state index contributed by atoms with van der Waals surface area (Å²) < 4.78 is 4.85. The molecule has 196 valence electrons. The lowest BCUT2D eigenvalue weighted by atomic mass is 9.99. The summed E-state index contributed by atoms with van der Waals surface area (Å²) in [4.78, 5) is 48.2. The molecule has 2 heterocycles. The molecule has 1 saturated heterocycles. The molecule has 36 heavy (non-hydrogen) atoms. The van der Waals surface area contributed by atoms with Gasteiger partial charge in [-0.25, -0.2) is 14.4 Å². The van der Waals surface area contributed by atoms with Crippen LogP contribution in [-0.4, -0.2) is 83.2 Å². The number of hydrogen-bond donors (Lipinski definition) is 2. The van der Waals surface area contributed by atoms with Gasteiger partial charge in [-0.1, -0.05) is 35.3 Å². The number of nitrogens with zero attached hydrogens (tertiary/aromatic N) is 2. The first-order valence-electron chi connectivity index (χ1n) is 11.5. The Bertz CT molecular complexity index is 1010. The van der Waals surface area contributed by atoms with E-state index in [0.29, 0.717) is 40.7 Å². The number of carboxylic acid groups (broad SMARTS) is 2. The van der Waals surface area contributed by atoms with Gasteiger partial charge in [-0.2, -0.15) is 0 Å². The molecule has 3 rings (SSSR count). The lowest BCUT2D eigenvalue weighted by Gasteiger charge is -2.39. The highest BCUT2D eigenvalue weighted by Gasteiger charge is 2.29. The highest BCUT2D eigenvalue weighted by molar-refractivity contribution is 6.42. The minimum atomic E-state index is -1.26. The number of carbonyl (C=O) groups excluding carboxylic acids is 2. The molecule has 1 aromatic rings. The van der Waals surface area contributed by atoms with Crippen LogP contribution in [0.25, 0.3) is 0 Å². The van der Waals surface area contributed by atoms with Gasteiger partial charge in [0, 0.05) is 49.9 Å². The van der Waals surface area contributed by atoms with E-state index in [4.69, 9.17) is 38.2 Å². The summed E-state index contributed by atoms with van der Waals surface area (Å²) in [6.07, 6.45) is 7.35. The first-order chi connectivity index (χ1) is 17.1. The predicted molar refractivity (Wildman–Crippen MR) is 135 cm³/mol. The molecule has 2 aliphatic rings. The van der Waals surface area contributed by atoms with Crippen LogP contribution in [0.15, 0.2) is 42.0 Å². The largest absolute Gasteiger partial charge is 0.478 e. The maximum absolute atomic E-state index is 13.0. The van der Waals surface area contributed by atoms with Gasteiger partial charge < -0.3 is 19.8 Å². The summed E-state index contributed by atoms with van der Waals surface area (Å²) >= 11 is 12.1. The van der Waals surface area contributed by atoms with Crippen molar-refractivity contribution >= 4 is 47.0 Å². The number of halogens is 2. The minimum absolute atomic E-state index is 0.115. The minimum Gasteiger partial charge on any atom is -0.478 e. The van der Waals surface area contributed by atoms with Gasteiger partial charge in [0.25, 0.3) is 0 Å². The van der Waals surface area contributed by atoms with Crippen LogP contribution in [-0.2, 0) is 30.3 Å². The maximum atomic E-state index is 13.0. The average molecular weight is 541 g/mol. The van der Waals surface area contributed by atoms with Gasteiger partial charge >= 0.3 is 17.9 Å². The Kier molecular flexibility index (Phi) is 11.9. The van der Waals surface area contributed by atoms with Crippen LogP contribution in [0.3, 0.4) is 0 Å². The molecule has 0 saturated carbocycles. The number of benzene rings is 1. The zero-order valence-electron chi connectivity index (χ0n) is 20.0. The first kappa shape index (κ1) is 29.4. The van der Waals surface area contributed by atoms with Crippen molar-refractivity contribution in [3.63, 3.8) is 0 Å². The third-order valence-electron chi connectivity index (χ3n) is 5.80. The molecule has 1 atom stereocenters. The molecular formula is C25H30Cl2N2O7. The number of piperidine rings is 1. The Hall–Kier alpha value is -2.88. The van der Waals surface area contributed by atoms with Crippen molar-refractivity contribution in [2.75, 3.05) is 33.3 Å². The smallest absolute Gasteiger partial charge is 0.334 e. The Morgan fingerprint density at radius 3 is 2.36 bits per heavy atom. The standard InChI is InChI=1S/C21H26Cl2N2O3.C4H4O4/c1-28-21(27)16-5-4-9-24(13-16)14-17-6-2-3-10-25(17)20(26)12-15-7-8-18(22)19(23)11-15;5-3(6)1-2-4(7)8/h5,7-8,11,17H,2-4,6,9-10,12-14H2,1H3;1-2H,(H,5,6)(H,7,8). The number of aliphatic carboxylic acids is 2. The van der Waals surface area contributed by atoms with E-state index in [2.05, 4.69) is 4.90 Å². The Morgan fingerprint density at radius 1 is 1.06 bits per heavy atom. The quantitative estimate of drug-likeness (QED) is 0.398. The number of rotatable bonds is 7. The van der Waals surface area contributed by atoms with Crippen molar-refractivity contribution in [2.24, 2.45) is 0 Å². The van der Waals surface area contributed by atoms with Crippen LogP contribution in [0.5, 0.6) is 0 Å². The monoisotopic (exact) mass is 540 g/mol. The first-order valence-corrected chi connectivity index (χ1v) is 12.2. The molecule has 0 aromatic heterocycles. The van der Waals surface area contributed by atoms with E-state index in [1.807, 2.05) is 17.0 Å². The molecular weight excluding hydrogens is 511 g/mol. The maximum Gasteiger partial charge on any atom is 0.334 e. The summed E-state index contributed by atoms with van der Waals surface area (Å²) in [5, 5.41) is 16.6. The number of carboxylic acids is 2. The zero-order valence-corrected chi connectivity index (χ0v) is 21.5. The van der Waals surface area contributed by atoms with Crippen LogP contribution in [0.1, 0.15) is 31.2 Å². The number of esters is 1. The van der Waals surface area contributed by atoms with Crippen molar-refractivity contribution in [3.8, 4) is 0 Å². The molecule has 0 aliphatic carbocycles. The summed E-state index contributed by atoms with van der Waals surface area (Å²) in [5.74, 6) is -2.66. The van der Waals surface area contributed by atoms with Gasteiger partial charge in [-0.3, -0.25) is 9.69 Å². The van der Waals surface area contributed by atoms with Gasteiger partial charge in [-0.15, -0.1) is 0 Å². The molecule has 1 aromatic carbocycles. The van der Waals surface area contributed by atoms with Crippen LogP contribution in [0.2, 0.25) is 10.0 Å². The third kappa shape index (κ3) is 9.64. The van der Waals surface area contributed by atoms with Crippen LogP contribution < -0.4 is 0 Å². The van der Waals surface area contributed by atoms with E-state index >= 15 is 0 Å². The van der Waals surface area contributed by atoms with Gasteiger partial charge in [0.2, 0.25) is 5.91 Å². The summed E-state index contributed by atoms with van der Waals surface area (Å²) in [7, 11) is 1.41. The summed E-state index contributed by atoms with van der Waals surface area (Å²) in [6.45, 7) is 3.03. The van der Waals surface area contributed by atoms with E-state index in [1.165, 1.54) is 7.11 Å². The fourth-order valence-corrected chi connectivity index (χ4v) is 4.45. The van der Waals surface area contributed by atoms with Crippen LogP contribution >= 0.6 is 23.2 Å².